The predicted octanol–water partition coefficient (Wildman–Crippen LogP) is 1.22. The van der Waals surface area contributed by atoms with Gasteiger partial charge >= 0.3 is 0 Å². The highest BCUT2D eigenvalue weighted by Gasteiger charge is 1.97. The summed E-state index contributed by atoms with van der Waals surface area (Å²) in [6.07, 6.45) is 3.73. The van der Waals surface area contributed by atoms with E-state index in [1.165, 1.54) is 0 Å². The van der Waals surface area contributed by atoms with Crippen LogP contribution < -0.4 is 11.2 Å². The number of nitrogens with one attached hydrogen (secondary N) is 1. The topological polar surface area (TPSA) is 64.3 Å². The van der Waals surface area contributed by atoms with Crippen LogP contribution in [0.15, 0.2) is 48.7 Å². The number of hydrogen-bond donors (Lipinski definition) is 2. The summed E-state index contributed by atoms with van der Waals surface area (Å²) in [4.78, 5) is 15.5. The first-order chi connectivity index (χ1) is 7.70. The van der Waals surface area contributed by atoms with Gasteiger partial charge in [-0.05, 0) is 5.56 Å². The van der Waals surface area contributed by atoms with Gasteiger partial charge in [0.15, 0.2) is 0 Å². The summed E-state index contributed by atoms with van der Waals surface area (Å²) in [7, 11) is 0. The van der Waals surface area contributed by atoms with Gasteiger partial charge in [-0.1, -0.05) is 49.1 Å². The summed E-state index contributed by atoms with van der Waals surface area (Å²) in [6.45, 7) is 3.70. The fourth-order valence-electron chi connectivity index (χ4n) is 0.976. The molecule has 0 aliphatic heterocycles. The molecule has 4 heteroatoms. The quantitative estimate of drug-likeness (QED) is 0.428. The number of carbonyl (C=O) groups is 1. The van der Waals surface area contributed by atoms with Gasteiger partial charge in [-0.2, -0.15) is 0 Å². The van der Waals surface area contributed by atoms with Crippen LogP contribution >= 0.6 is 0 Å². The van der Waals surface area contributed by atoms with Gasteiger partial charge in [-0.3, -0.25) is 15.1 Å². The van der Waals surface area contributed by atoms with E-state index in [1.54, 1.807) is 0 Å². The van der Waals surface area contributed by atoms with E-state index < -0.39 is 5.91 Å². The average Bonchev–Trinajstić information content (AvgIpc) is 2.29. The third-order valence-corrected chi connectivity index (χ3v) is 1.78. The fraction of sp³-hybridized carbons (Fsp3) is 0.0833. The Bertz CT molecular complexity index is 385. The summed E-state index contributed by atoms with van der Waals surface area (Å²) in [5.74, 6) is -0.632. The van der Waals surface area contributed by atoms with Crippen LogP contribution in [0.3, 0.4) is 0 Å². The summed E-state index contributed by atoms with van der Waals surface area (Å²) >= 11 is 0. The van der Waals surface area contributed by atoms with Crippen molar-refractivity contribution in [3.63, 3.8) is 0 Å². The van der Waals surface area contributed by atoms with Gasteiger partial charge in [-0.15, -0.1) is 0 Å². The summed E-state index contributed by atoms with van der Waals surface area (Å²) in [6, 6.07) is 9.81. The molecule has 1 amide bonds. The Morgan fingerprint density at radius 2 is 2.12 bits per heavy atom. The summed E-state index contributed by atoms with van der Waals surface area (Å²) in [5, 5.41) is 0. The van der Waals surface area contributed by atoms with Gasteiger partial charge in [0.05, 0.1) is 6.61 Å². The van der Waals surface area contributed by atoms with Crippen molar-refractivity contribution >= 4 is 12.0 Å². The highest BCUT2D eigenvalue weighted by molar-refractivity contribution is 5.90. The lowest BCUT2D eigenvalue weighted by molar-refractivity contribution is -0.116. The molecule has 0 heterocycles. The minimum atomic E-state index is -0.632. The van der Waals surface area contributed by atoms with E-state index in [4.69, 9.17) is 10.6 Å². The molecule has 1 rings (SSSR count). The Kier molecular flexibility index (Phi) is 4.82. The second-order valence-electron chi connectivity index (χ2n) is 3.07. The lowest BCUT2D eigenvalue weighted by Gasteiger charge is -2.03. The molecule has 3 N–H and O–H groups in total. The minimum Gasteiger partial charge on any atom is -0.364 e. The van der Waals surface area contributed by atoms with E-state index in [0.717, 1.165) is 5.56 Å². The molecule has 0 aliphatic carbocycles. The van der Waals surface area contributed by atoms with E-state index in [2.05, 4.69) is 12.1 Å². The van der Waals surface area contributed by atoms with Gasteiger partial charge in [0.25, 0.3) is 5.91 Å². The fourth-order valence-corrected chi connectivity index (χ4v) is 0.976. The first-order valence-corrected chi connectivity index (χ1v) is 4.78. The molecule has 0 saturated heterocycles. The van der Waals surface area contributed by atoms with Gasteiger partial charge in [-0.25, -0.2) is 0 Å². The molecule has 0 spiro atoms. The van der Waals surface area contributed by atoms with Crippen LogP contribution in [0.1, 0.15) is 5.56 Å². The molecular weight excluding hydrogens is 204 g/mol. The lowest BCUT2D eigenvalue weighted by atomic mass is 10.2. The molecule has 0 aliphatic rings. The third-order valence-electron chi connectivity index (χ3n) is 1.78. The highest BCUT2D eigenvalue weighted by Crippen LogP contribution is 2.00. The van der Waals surface area contributed by atoms with Crippen LogP contribution in [-0.4, -0.2) is 12.5 Å². The number of hydrogen-bond acceptors (Lipinski definition) is 3. The second kappa shape index (κ2) is 6.42. The molecule has 84 valence electrons. The number of rotatable bonds is 6. The van der Waals surface area contributed by atoms with Crippen LogP contribution in [0, 0.1) is 0 Å². The molecule has 0 radical (unpaired) electrons. The van der Waals surface area contributed by atoms with Crippen molar-refractivity contribution in [1.29, 1.82) is 0 Å². The van der Waals surface area contributed by atoms with Crippen LogP contribution in [0.4, 0.5) is 0 Å². The standard InChI is InChI=1S/C12H14N2O2/c1-10(12(13)15)14-16-9-5-8-11-6-3-2-4-7-11/h2-8,14H,1,9H2,(H2,13,15). The summed E-state index contributed by atoms with van der Waals surface area (Å²) < 4.78 is 0. The lowest BCUT2D eigenvalue weighted by Crippen LogP contribution is -2.25. The summed E-state index contributed by atoms with van der Waals surface area (Å²) in [5.41, 5.74) is 8.41. The highest BCUT2D eigenvalue weighted by atomic mass is 16.6. The Balaban J connectivity index is 2.24. The third kappa shape index (κ3) is 4.43. The van der Waals surface area contributed by atoms with Crippen LogP contribution in [0.2, 0.25) is 0 Å². The zero-order valence-corrected chi connectivity index (χ0v) is 8.85. The van der Waals surface area contributed by atoms with E-state index in [-0.39, 0.29) is 5.70 Å². The minimum absolute atomic E-state index is 0.0353. The average molecular weight is 218 g/mol. The van der Waals surface area contributed by atoms with Gasteiger partial charge in [0, 0.05) is 0 Å². The number of hydroxylamine groups is 1. The second-order valence-corrected chi connectivity index (χ2v) is 3.07. The Morgan fingerprint density at radius 1 is 1.44 bits per heavy atom. The molecule has 0 bridgehead atoms. The predicted molar refractivity (Wildman–Crippen MR) is 62.9 cm³/mol. The number of carbonyl (C=O) groups excluding carboxylic acids is 1. The van der Waals surface area contributed by atoms with E-state index >= 15 is 0 Å². The molecule has 0 aromatic heterocycles. The molecule has 0 fully saturated rings. The number of nitrogens with two attached hydrogens (primary N) is 1. The number of benzene rings is 1. The normalized spacial score (nSPS) is 10.2. The van der Waals surface area contributed by atoms with E-state index in [9.17, 15) is 4.79 Å². The Labute approximate surface area is 94.4 Å². The maximum atomic E-state index is 10.5. The van der Waals surface area contributed by atoms with Crippen molar-refractivity contribution < 1.29 is 9.63 Å². The molecule has 1 aromatic carbocycles. The largest absolute Gasteiger partial charge is 0.364 e. The molecule has 0 unspecified atom stereocenters. The zero-order chi connectivity index (χ0) is 11.8. The SMILES string of the molecule is C=C(NOCC=Cc1ccccc1)C(N)=O. The maximum absolute atomic E-state index is 10.5. The number of amides is 1. The van der Waals surface area contributed by atoms with Gasteiger partial charge in [0.1, 0.15) is 5.70 Å². The first kappa shape index (κ1) is 12.0. The van der Waals surface area contributed by atoms with Crippen molar-refractivity contribution in [2.45, 2.75) is 0 Å². The maximum Gasteiger partial charge on any atom is 0.266 e. The van der Waals surface area contributed by atoms with Crippen molar-refractivity contribution in [3.8, 4) is 0 Å². The van der Waals surface area contributed by atoms with Crippen molar-refractivity contribution in [2.75, 3.05) is 6.61 Å². The molecule has 1 aromatic rings. The van der Waals surface area contributed by atoms with E-state index in [1.807, 2.05) is 42.5 Å². The van der Waals surface area contributed by atoms with Crippen LogP contribution in [0.25, 0.3) is 6.08 Å². The van der Waals surface area contributed by atoms with Gasteiger partial charge in [0.2, 0.25) is 0 Å². The zero-order valence-electron chi connectivity index (χ0n) is 8.85. The molecular formula is C12H14N2O2. The molecule has 16 heavy (non-hydrogen) atoms. The van der Waals surface area contributed by atoms with Gasteiger partial charge < -0.3 is 5.73 Å². The van der Waals surface area contributed by atoms with E-state index in [0.29, 0.717) is 6.61 Å². The Hall–Kier alpha value is -2.07. The number of primary amides is 1. The van der Waals surface area contributed by atoms with Crippen LogP contribution in [0.5, 0.6) is 0 Å². The molecule has 4 nitrogen and oxygen atoms in total. The van der Waals surface area contributed by atoms with Crippen molar-refractivity contribution in [2.24, 2.45) is 5.73 Å². The molecule has 0 saturated carbocycles. The van der Waals surface area contributed by atoms with Crippen LogP contribution in [-0.2, 0) is 9.63 Å². The van der Waals surface area contributed by atoms with Crippen molar-refractivity contribution in [1.82, 2.24) is 5.48 Å². The Morgan fingerprint density at radius 3 is 2.75 bits per heavy atom. The smallest absolute Gasteiger partial charge is 0.266 e. The monoisotopic (exact) mass is 218 g/mol. The van der Waals surface area contributed by atoms with Crippen molar-refractivity contribution in [3.05, 3.63) is 54.2 Å². The first-order valence-electron chi connectivity index (χ1n) is 4.78. The molecule has 0 atom stereocenters.